The van der Waals surface area contributed by atoms with Crippen LogP contribution in [0.15, 0.2) is 28.3 Å². The topological polar surface area (TPSA) is 33.1 Å². The summed E-state index contributed by atoms with van der Waals surface area (Å²) >= 11 is 4.30. The van der Waals surface area contributed by atoms with Gasteiger partial charge in [0.1, 0.15) is 10.7 Å². The SMILES string of the molecule is OC(c1cccc(F)c1F)c1scnc1Br. The molecule has 0 bridgehead atoms. The lowest BCUT2D eigenvalue weighted by Crippen LogP contribution is -2.03. The average molecular weight is 306 g/mol. The monoisotopic (exact) mass is 305 g/mol. The molecule has 1 aromatic carbocycles. The number of rotatable bonds is 2. The zero-order valence-corrected chi connectivity index (χ0v) is 10.2. The molecule has 1 unspecified atom stereocenters. The molecule has 0 amide bonds. The van der Waals surface area contributed by atoms with Crippen LogP contribution in [0.2, 0.25) is 0 Å². The van der Waals surface area contributed by atoms with E-state index in [9.17, 15) is 13.9 Å². The zero-order chi connectivity index (χ0) is 11.7. The Balaban J connectivity index is 2.46. The van der Waals surface area contributed by atoms with Gasteiger partial charge in [0.05, 0.1) is 10.4 Å². The highest BCUT2D eigenvalue weighted by atomic mass is 79.9. The van der Waals surface area contributed by atoms with Crippen LogP contribution in [0.5, 0.6) is 0 Å². The lowest BCUT2D eigenvalue weighted by molar-refractivity contribution is 0.216. The molecule has 6 heteroatoms. The highest BCUT2D eigenvalue weighted by molar-refractivity contribution is 9.10. The van der Waals surface area contributed by atoms with Crippen LogP contribution in [0.1, 0.15) is 16.5 Å². The fraction of sp³-hybridized carbons (Fsp3) is 0.100. The van der Waals surface area contributed by atoms with Crippen LogP contribution in [0.3, 0.4) is 0 Å². The van der Waals surface area contributed by atoms with E-state index in [2.05, 4.69) is 20.9 Å². The Labute approximate surface area is 103 Å². The van der Waals surface area contributed by atoms with E-state index in [1.165, 1.54) is 29.0 Å². The van der Waals surface area contributed by atoms with Gasteiger partial charge in [-0.2, -0.15) is 0 Å². The summed E-state index contributed by atoms with van der Waals surface area (Å²) in [5.41, 5.74) is 1.42. The Bertz CT molecular complexity index is 517. The van der Waals surface area contributed by atoms with E-state index in [4.69, 9.17) is 0 Å². The molecule has 1 heterocycles. The molecule has 2 aromatic rings. The minimum absolute atomic E-state index is 0.0926. The van der Waals surface area contributed by atoms with Crippen LogP contribution >= 0.6 is 27.3 Å². The third-order valence-electron chi connectivity index (χ3n) is 2.07. The highest BCUT2D eigenvalue weighted by Crippen LogP contribution is 2.32. The van der Waals surface area contributed by atoms with Gasteiger partial charge in [-0.25, -0.2) is 13.8 Å². The van der Waals surface area contributed by atoms with Gasteiger partial charge in [-0.3, -0.25) is 0 Å². The van der Waals surface area contributed by atoms with Crippen molar-refractivity contribution in [1.29, 1.82) is 0 Å². The van der Waals surface area contributed by atoms with E-state index in [0.29, 0.717) is 9.48 Å². The first kappa shape index (κ1) is 11.6. The van der Waals surface area contributed by atoms with Crippen molar-refractivity contribution in [3.8, 4) is 0 Å². The second-order valence-electron chi connectivity index (χ2n) is 3.05. The predicted octanol–water partition coefficient (Wildman–Crippen LogP) is 3.27. The molecule has 1 aromatic heterocycles. The number of aromatic nitrogens is 1. The quantitative estimate of drug-likeness (QED) is 0.924. The Hall–Kier alpha value is -0.850. The Morgan fingerprint density at radius 2 is 2.12 bits per heavy atom. The van der Waals surface area contributed by atoms with Gasteiger partial charge in [-0.05, 0) is 22.0 Å². The largest absolute Gasteiger partial charge is 0.383 e. The van der Waals surface area contributed by atoms with Gasteiger partial charge in [0.2, 0.25) is 0 Å². The fourth-order valence-corrected chi connectivity index (χ4v) is 2.70. The summed E-state index contributed by atoms with van der Waals surface area (Å²) in [5.74, 6) is -2.01. The number of hydrogen-bond donors (Lipinski definition) is 1. The molecular formula is C10H6BrF2NOS. The number of halogens is 3. The molecule has 2 rings (SSSR count). The van der Waals surface area contributed by atoms with Crippen LogP contribution in [0.4, 0.5) is 8.78 Å². The molecule has 0 aliphatic heterocycles. The van der Waals surface area contributed by atoms with Gasteiger partial charge in [0.15, 0.2) is 11.6 Å². The fourth-order valence-electron chi connectivity index (χ4n) is 1.29. The van der Waals surface area contributed by atoms with Gasteiger partial charge in [-0.1, -0.05) is 12.1 Å². The second kappa shape index (κ2) is 4.57. The number of aliphatic hydroxyl groups excluding tert-OH is 1. The maximum absolute atomic E-state index is 13.4. The summed E-state index contributed by atoms with van der Waals surface area (Å²) < 4.78 is 26.8. The van der Waals surface area contributed by atoms with Crippen molar-refractivity contribution in [2.24, 2.45) is 0 Å². The van der Waals surface area contributed by atoms with Crippen molar-refractivity contribution >= 4 is 27.3 Å². The summed E-state index contributed by atoms with van der Waals surface area (Å²) in [6.45, 7) is 0. The van der Waals surface area contributed by atoms with Crippen molar-refractivity contribution in [1.82, 2.24) is 4.98 Å². The van der Waals surface area contributed by atoms with Crippen molar-refractivity contribution < 1.29 is 13.9 Å². The van der Waals surface area contributed by atoms with Crippen LogP contribution in [0.25, 0.3) is 0 Å². The molecule has 0 saturated carbocycles. The Morgan fingerprint density at radius 1 is 1.38 bits per heavy atom. The smallest absolute Gasteiger partial charge is 0.164 e. The van der Waals surface area contributed by atoms with Crippen molar-refractivity contribution in [3.05, 3.63) is 50.4 Å². The summed E-state index contributed by atoms with van der Waals surface area (Å²) in [7, 11) is 0. The van der Waals surface area contributed by atoms with E-state index in [1.54, 1.807) is 0 Å². The van der Waals surface area contributed by atoms with E-state index in [0.717, 1.165) is 6.07 Å². The molecule has 0 aliphatic rings. The summed E-state index contributed by atoms with van der Waals surface area (Å²) in [5, 5.41) is 9.90. The molecule has 2 nitrogen and oxygen atoms in total. The molecule has 0 spiro atoms. The molecule has 1 N–H and O–H groups in total. The molecule has 0 aliphatic carbocycles. The maximum atomic E-state index is 13.4. The van der Waals surface area contributed by atoms with Crippen molar-refractivity contribution in [2.45, 2.75) is 6.10 Å². The summed E-state index contributed by atoms with van der Waals surface area (Å²) in [6.07, 6.45) is -1.21. The first-order chi connectivity index (χ1) is 7.61. The van der Waals surface area contributed by atoms with Gasteiger partial charge in [0, 0.05) is 5.56 Å². The second-order valence-corrected chi connectivity index (χ2v) is 4.69. The number of aliphatic hydroxyl groups is 1. The van der Waals surface area contributed by atoms with E-state index in [1.807, 2.05) is 0 Å². The summed E-state index contributed by atoms with van der Waals surface area (Å²) in [6, 6.07) is 3.70. The Morgan fingerprint density at radius 3 is 2.75 bits per heavy atom. The lowest BCUT2D eigenvalue weighted by Gasteiger charge is -2.10. The van der Waals surface area contributed by atoms with Gasteiger partial charge >= 0.3 is 0 Å². The zero-order valence-electron chi connectivity index (χ0n) is 7.82. The normalized spacial score (nSPS) is 12.8. The van der Waals surface area contributed by atoms with Gasteiger partial charge < -0.3 is 5.11 Å². The number of nitrogens with zero attached hydrogens (tertiary/aromatic N) is 1. The molecule has 0 saturated heterocycles. The number of hydrogen-bond acceptors (Lipinski definition) is 3. The third-order valence-corrected chi connectivity index (χ3v) is 3.85. The van der Waals surface area contributed by atoms with Crippen molar-refractivity contribution in [3.63, 3.8) is 0 Å². The molecule has 16 heavy (non-hydrogen) atoms. The van der Waals surface area contributed by atoms with Crippen LogP contribution in [-0.4, -0.2) is 10.1 Å². The van der Waals surface area contributed by atoms with Crippen LogP contribution in [-0.2, 0) is 0 Å². The molecule has 1 atom stereocenters. The first-order valence-electron chi connectivity index (χ1n) is 4.32. The summed E-state index contributed by atoms with van der Waals surface area (Å²) in [4.78, 5) is 4.32. The standard InChI is InChI=1S/C10H6BrF2NOS/c11-10-9(16-4-14-10)8(15)5-2-1-3-6(12)7(5)13/h1-4,8,15H. The van der Waals surface area contributed by atoms with Crippen LogP contribution < -0.4 is 0 Å². The van der Waals surface area contributed by atoms with Crippen LogP contribution in [0, 0.1) is 11.6 Å². The average Bonchev–Trinajstić information content (AvgIpc) is 2.68. The van der Waals surface area contributed by atoms with E-state index in [-0.39, 0.29) is 5.56 Å². The number of thiazole rings is 1. The molecule has 0 fully saturated rings. The molecule has 0 radical (unpaired) electrons. The predicted molar refractivity (Wildman–Crippen MR) is 60.2 cm³/mol. The molecular weight excluding hydrogens is 300 g/mol. The molecule has 84 valence electrons. The van der Waals surface area contributed by atoms with Gasteiger partial charge in [-0.15, -0.1) is 11.3 Å². The van der Waals surface area contributed by atoms with Gasteiger partial charge in [0.25, 0.3) is 0 Å². The number of benzene rings is 1. The van der Waals surface area contributed by atoms with E-state index >= 15 is 0 Å². The minimum atomic E-state index is -1.21. The van der Waals surface area contributed by atoms with E-state index < -0.39 is 17.7 Å². The van der Waals surface area contributed by atoms with Crippen molar-refractivity contribution in [2.75, 3.05) is 0 Å². The third kappa shape index (κ3) is 2.00. The highest BCUT2D eigenvalue weighted by Gasteiger charge is 2.21. The minimum Gasteiger partial charge on any atom is -0.383 e. The first-order valence-corrected chi connectivity index (χ1v) is 5.99. The lowest BCUT2D eigenvalue weighted by atomic mass is 10.1. The Kier molecular flexibility index (Phi) is 3.32. The maximum Gasteiger partial charge on any atom is 0.164 e.